The largest absolute Gasteiger partial charge is 0.444 e. The monoisotopic (exact) mass is 509 g/mol. The van der Waals surface area contributed by atoms with E-state index in [1.807, 2.05) is 32.9 Å². The molecule has 0 unspecified atom stereocenters. The van der Waals surface area contributed by atoms with E-state index in [1.54, 1.807) is 4.90 Å². The SMILES string of the molecule is CC(C)(C)OC(=O)N1CCCCC1.Cc1cccc(C2=CCCC=C2)c1.c1ccc(-c2ccccc2)cc1. The summed E-state index contributed by atoms with van der Waals surface area (Å²) in [5, 5.41) is 0. The molecule has 1 fully saturated rings. The molecule has 1 heterocycles. The number of allylic oxidation sites excluding steroid dienone is 4. The number of piperidine rings is 1. The van der Waals surface area contributed by atoms with Crippen molar-refractivity contribution in [1.29, 1.82) is 0 Å². The predicted octanol–water partition coefficient (Wildman–Crippen LogP) is 9.49. The summed E-state index contributed by atoms with van der Waals surface area (Å²) < 4.78 is 5.26. The number of ether oxygens (including phenoxy) is 1. The molecule has 0 aromatic heterocycles. The van der Waals surface area contributed by atoms with Gasteiger partial charge in [0.1, 0.15) is 5.60 Å². The molecule has 0 spiro atoms. The van der Waals surface area contributed by atoms with E-state index >= 15 is 0 Å². The Morgan fingerprint density at radius 1 is 0.737 bits per heavy atom. The van der Waals surface area contributed by atoms with Gasteiger partial charge in [-0.15, -0.1) is 0 Å². The van der Waals surface area contributed by atoms with Crippen molar-refractivity contribution in [2.45, 2.75) is 65.4 Å². The van der Waals surface area contributed by atoms with Crippen LogP contribution in [0.3, 0.4) is 0 Å². The average Bonchev–Trinajstić information content (AvgIpc) is 2.95. The molecule has 0 N–H and O–H groups in total. The Kier molecular flexibility index (Phi) is 11.4. The number of hydrogen-bond donors (Lipinski definition) is 0. The standard InChI is InChI=1S/C13H14.C12H10.C10H19NO2/c1-11-6-5-9-13(10-11)12-7-3-2-4-8-12;1-3-7-11(8-4-1)12-9-5-2-6-10-12;1-10(2,3)13-9(12)11-7-5-4-6-8-11/h3,5-10H,2,4H2,1H3;1-10H;4-8H2,1-3H3. The van der Waals surface area contributed by atoms with Gasteiger partial charge in [-0.3, -0.25) is 0 Å². The first-order chi connectivity index (χ1) is 18.3. The van der Waals surface area contributed by atoms with Gasteiger partial charge in [0.05, 0.1) is 0 Å². The molecule has 1 saturated heterocycles. The number of hydrogen-bond acceptors (Lipinski definition) is 2. The van der Waals surface area contributed by atoms with Crippen LogP contribution >= 0.6 is 0 Å². The normalized spacial score (nSPS) is 14.7. The van der Waals surface area contributed by atoms with Gasteiger partial charge in [0.15, 0.2) is 0 Å². The van der Waals surface area contributed by atoms with Gasteiger partial charge in [-0.05, 0) is 82.1 Å². The Bertz CT molecular complexity index is 1130. The molecule has 0 saturated carbocycles. The molecule has 1 aliphatic carbocycles. The van der Waals surface area contributed by atoms with Gasteiger partial charge in [0.2, 0.25) is 0 Å². The summed E-state index contributed by atoms with van der Waals surface area (Å²) in [6.07, 6.45) is 12.4. The first-order valence-electron chi connectivity index (χ1n) is 13.8. The summed E-state index contributed by atoms with van der Waals surface area (Å²) in [6, 6.07) is 29.4. The number of likely N-dealkylation sites (tertiary alicyclic amines) is 1. The minimum atomic E-state index is -0.367. The van der Waals surface area contributed by atoms with Gasteiger partial charge in [0, 0.05) is 13.1 Å². The van der Waals surface area contributed by atoms with Crippen LogP contribution in [0.4, 0.5) is 4.79 Å². The highest BCUT2D eigenvalue weighted by Gasteiger charge is 2.22. The van der Waals surface area contributed by atoms with E-state index < -0.39 is 0 Å². The van der Waals surface area contributed by atoms with Crippen LogP contribution in [0.15, 0.2) is 103 Å². The number of rotatable bonds is 2. The van der Waals surface area contributed by atoms with E-state index in [0.29, 0.717) is 0 Å². The van der Waals surface area contributed by atoms with Crippen LogP contribution in [0.25, 0.3) is 16.7 Å². The van der Waals surface area contributed by atoms with Gasteiger partial charge in [-0.2, -0.15) is 0 Å². The zero-order valence-electron chi connectivity index (χ0n) is 23.5. The number of carbonyl (C=O) groups excluding carboxylic acids is 1. The van der Waals surface area contributed by atoms with Gasteiger partial charge in [0.25, 0.3) is 0 Å². The van der Waals surface area contributed by atoms with Crippen LogP contribution in [-0.4, -0.2) is 29.7 Å². The maximum absolute atomic E-state index is 11.5. The number of benzene rings is 3. The molecule has 0 atom stereocenters. The van der Waals surface area contributed by atoms with Crippen LogP contribution < -0.4 is 0 Å². The van der Waals surface area contributed by atoms with Crippen molar-refractivity contribution in [2.75, 3.05) is 13.1 Å². The Labute approximate surface area is 229 Å². The zero-order chi connectivity index (χ0) is 27.2. The van der Waals surface area contributed by atoms with Crippen LogP contribution in [-0.2, 0) is 4.74 Å². The maximum Gasteiger partial charge on any atom is 0.410 e. The van der Waals surface area contributed by atoms with E-state index in [9.17, 15) is 4.79 Å². The third-order valence-corrected chi connectivity index (χ3v) is 6.24. The number of aryl methyl sites for hydroxylation is 1. The van der Waals surface area contributed by atoms with E-state index in [2.05, 4.69) is 97.9 Å². The number of amides is 1. The Hall–Kier alpha value is -3.59. The predicted molar refractivity (Wildman–Crippen MR) is 161 cm³/mol. The fourth-order valence-electron chi connectivity index (χ4n) is 4.32. The minimum absolute atomic E-state index is 0.160. The topological polar surface area (TPSA) is 29.5 Å². The summed E-state index contributed by atoms with van der Waals surface area (Å²) in [4.78, 5) is 13.3. The summed E-state index contributed by atoms with van der Waals surface area (Å²) in [5.41, 5.74) is 6.23. The summed E-state index contributed by atoms with van der Waals surface area (Å²) in [6.45, 7) is 9.54. The second-order valence-electron chi connectivity index (χ2n) is 10.8. The van der Waals surface area contributed by atoms with Gasteiger partial charge < -0.3 is 9.64 Å². The van der Waals surface area contributed by atoms with Crippen molar-refractivity contribution in [3.05, 3.63) is 114 Å². The quantitative estimate of drug-likeness (QED) is 0.344. The van der Waals surface area contributed by atoms with Crippen LogP contribution in [0, 0.1) is 6.92 Å². The van der Waals surface area contributed by atoms with Gasteiger partial charge >= 0.3 is 6.09 Å². The Balaban J connectivity index is 0.000000158. The lowest BCUT2D eigenvalue weighted by molar-refractivity contribution is 0.0216. The van der Waals surface area contributed by atoms with Crippen LogP contribution in [0.1, 0.15) is 64.0 Å². The van der Waals surface area contributed by atoms with Gasteiger partial charge in [-0.1, -0.05) is 109 Å². The van der Waals surface area contributed by atoms with E-state index in [0.717, 1.165) is 25.9 Å². The first-order valence-corrected chi connectivity index (χ1v) is 13.8. The molecule has 38 heavy (non-hydrogen) atoms. The third-order valence-electron chi connectivity index (χ3n) is 6.24. The molecule has 200 valence electrons. The Morgan fingerprint density at radius 2 is 1.32 bits per heavy atom. The first kappa shape index (κ1) is 29.0. The fraction of sp³-hybridized carbons (Fsp3) is 0.343. The van der Waals surface area contributed by atoms with E-state index in [-0.39, 0.29) is 11.7 Å². The molecule has 1 aliphatic heterocycles. The van der Waals surface area contributed by atoms with Crippen molar-refractivity contribution in [1.82, 2.24) is 4.90 Å². The molecule has 3 aromatic carbocycles. The molecule has 1 amide bonds. The van der Waals surface area contributed by atoms with Crippen molar-refractivity contribution < 1.29 is 9.53 Å². The van der Waals surface area contributed by atoms with Gasteiger partial charge in [-0.25, -0.2) is 4.79 Å². The van der Waals surface area contributed by atoms with Crippen LogP contribution in [0.2, 0.25) is 0 Å². The lowest BCUT2D eigenvalue weighted by Gasteiger charge is -2.29. The molecule has 3 aromatic rings. The molecule has 3 heteroatoms. The summed E-state index contributed by atoms with van der Waals surface area (Å²) in [7, 11) is 0. The minimum Gasteiger partial charge on any atom is -0.444 e. The fourth-order valence-corrected chi connectivity index (χ4v) is 4.32. The molecule has 5 rings (SSSR count). The molecule has 0 radical (unpaired) electrons. The van der Waals surface area contributed by atoms with Crippen LogP contribution in [0.5, 0.6) is 0 Å². The van der Waals surface area contributed by atoms with Crippen molar-refractivity contribution in [2.24, 2.45) is 0 Å². The Morgan fingerprint density at radius 3 is 1.82 bits per heavy atom. The molecule has 3 nitrogen and oxygen atoms in total. The van der Waals surface area contributed by atoms with Crippen molar-refractivity contribution in [3.8, 4) is 11.1 Å². The van der Waals surface area contributed by atoms with Crippen molar-refractivity contribution in [3.63, 3.8) is 0 Å². The lowest BCUT2D eigenvalue weighted by atomic mass is 9.98. The average molecular weight is 510 g/mol. The highest BCUT2D eigenvalue weighted by Crippen LogP contribution is 2.22. The van der Waals surface area contributed by atoms with Crippen molar-refractivity contribution >= 4 is 11.7 Å². The molecule has 0 bridgehead atoms. The molecular formula is C35H43NO2. The van der Waals surface area contributed by atoms with E-state index in [1.165, 1.54) is 47.1 Å². The van der Waals surface area contributed by atoms with E-state index in [4.69, 9.17) is 4.74 Å². The highest BCUT2D eigenvalue weighted by molar-refractivity contribution is 5.75. The third kappa shape index (κ3) is 10.4. The second-order valence-corrected chi connectivity index (χ2v) is 10.8. The smallest absolute Gasteiger partial charge is 0.410 e. The maximum atomic E-state index is 11.5. The molecule has 2 aliphatic rings. The summed E-state index contributed by atoms with van der Waals surface area (Å²) >= 11 is 0. The highest BCUT2D eigenvalue weighted by atomic mass is 16.6. The number of nitrogens with zero attached hydrogens (tertiary/aromatic N) is 1. The number of carbonyl (C=O) groups is 1. The lowest BCUT2D eigenvalue weighted by Crippen LogP contribution is -2.39. The second kappa shape index (κ2) is 15.0. The molecular weight excluding hydrogens is 466 g/mol. The summed E-state index contributed by atoms with van der Waals surface area (Å²) in [5.74, 6) is 0. The zero-order valence-corrected chi connectivity index (χ0v) is 23.5.